The van der Waals surface area contributed by atoms with Crippen LogP contribution in [0.1, 0.15) is 35.2 Å². The van der Waals surface area contributed by atoms with E-state index in [0.29, 0.717) is 28.0 Å². The molecule has 1 unspecified atom stereocenters. The molecule has 1 aromatic heterocycles. The van der Waals surface area contributed by atoms with Gasteiger partial charge in [-0.1, -0.05) is 36.4 Å². The molecule has 0 aliphatic carbocycles. The van der Waals surface area contributed by atoms with Crippen LogP contribution in [0.4, 0.5) is 14.5 Å². The van der Waals surface area contributed by atoms with Crippen LogP contribution < -0.4 is 10.7 Å². The normalized spacial score (nSPS) is 12.2. The number of hydrogen-bond donors (Lipinski definition) is 1. The van der Waals surface area contributed by atoms with Gasteiger partial charge in [-0.2, -0.15) is 0 Å². The molecule has 0 saturated heterocycles. The second-order valence-electron chi connectivity index (χ2n) is 7.88. The summed E-state index contributed by atoms with van der Waals surface area (Å²) in [6.07, 6.45) is 0. The SMILES string of the molecule is Cc1cc(C(C)Nc2ccc(F)c(F)c2C)c2oc(-c3ccccc3)c(C)c(=O)c2c1. The van der Waals surface area contributed by atoms with Crippen LogP contribution in [0.5, 0.6) is 0 Å². The third-order valence-electron chi connectivity index (χ3n) is 5.61. The molecule has 31 heavy (non-hydrogen) atoms. The molecule has 0 aliphatic heterocycles. The highest BCUT2D eigenvalue weighted by molar-refractivity contribution is 5.84. The Bertz CT molecular complexity index is 1340. The smallest absolute Gasteiger partial charge is 0.196 e. The summed E-state index contributed by atoms with van der Waals surface area (Å²) in [4.78, 5) is 13.2. The van der Waals surface area contributed by atoms with Crippen LogP contribution in [0.15, 0.2) is 63.8 Å². The zero-order chi connectivity index (χ0) is 22.3. The third kappa shape index (κ3) is 3.72. The fourth-order valence-corrected chi connectivity index (χ4v) is 3.87. The van der Waals surface area contributed by atoms with Crippen LogP contribution in [0.25, 0.3) is 22.3 Å². The molecule has 3 nitrogen and oxygen atoms in total. The number of hydrogen-bond acceptors (Lipinski definition) is 3. The van der Waals surface area contributed by atoms with E-state index in [1.54, 1.807) is 6.92 Å². The first-order valence-electron chi connectivity index (χ1n) is 10.1. The molecule has 0 bridgehead atoms. The predicted molar refractivity (Wildman–Crippen MR) is 121 cm³/mol. The Hall–Kier alpha value is -3.47. The summed E-state index contributed by atoms with van der Waals surface area (Å²) in [5.41, 5.74) is 4.15. The lowest BCUT2D eigenvalue weighted by atomic mass is 9.98. The van der Waals surface area contributed by atoms with Gasteiger partial charge in [0.25, 0.3) is 0 Å². The van der Waals surface area contributed by atoms with E-state index in [1.807, 2.05) is 56.3 Å². The molecule has 4 rings (SSSR count). The van der Waals surface area contributed by atoms with Crippen LogP contribution >= 0.6 is 0 Å². The van der Waals surface area contributed by atoms with Crippen molar-refractivity contribution >= 4 is 16.7 Å². The molecule has 1 heterocycles. The molecule has 4 aromatic rings. The first-order valence-corrected chi connectivity index (χ1v) is 10.1. The van der Waals surface area contributed by atoms with Crippen molar-refractivity contribution in [3.05, 3.63) is 98.7 Å². The van der Waals surface area contributed by atoms with Crippen LogP contribution in [0.2, 0.25) is 0 Å². The number of fused-ring (bicyclic) bond motifs is 1. The molecule has 0 amide bonds. The van der Waals surface area contributed by atoms with E-state index in [1.165, 1.54) is 13.0 Å². The van der Waals surface area contributed by atoms with Gasteiger partial charge in [0.15, 0.2) is 17.1 Å². The van der Waals surface area contributed by atoms with Gasteiger partial charge in [-0.25, -0.2) is 8.78 Å². The summed E-state index contributed by atoms with van der Waals surface area (Å²) in [5, 5.41) is 3.74. The average molecular weight is 419 g/mol. The van der Waals surface area contributed by atoms with Crippen LogP contribution in [-0.2, 0) is 0 Å². The molecule has 158 valence electrons. The highest BCUT2D eigenvalue weighted by Crippen LogP contribution is 2.33. The fourth-order valence-electron chi connectivity index (χ4n) is 3.87. The highest BCUT2D eigenvalue weighted by Gasteiger charge is 2.20. The zero-order valence-corrected chi connectivity index (χ0v) is 17.8. The average Bonchev–Trinajstić information content (AvgIpc) is 2.77. The van der Waals surface area contributed by atoms with E-state index in [9.17, 15) is 13.6 Å². The summed E-state index contributed by atoms with van der Waals surface area (Å²) in [5.74, 6) is -1.23. The summed E-state index contributed by atoms with van der Waals surface area (Å²) in [6.45, 7) is 7.11. The van der Waals surface area contributed by atoms with Crippen molar-refractivity contribution in [2.75, 3.05) is 5.32 Å². The molecule has 1 N–H and O–H groups in total. The molecular formula is C26H23F2NO2. The van der Waals surface area contributed by atoms with Crippen molar-refractivity contribution < 1.29 is 13.2 Å². The van der Waals surface area contributed by atoms with E-state index in [2.05, 4.69) is 5.32 Å². The van der Waals surface area contributed by atoms with Crippen molar-refractivity contribution in [2.45, 2.75) is 33.7 Å². The van der Waals surface area contributed by atoms with E-state index in [0.717, 1.165) is 22.8 Å². The topological polar surface area (TPSA) is 42.2 Å². The Morgan fingerprint density at radius 3 is 2.35 bits per heavy atom. The fraction of sp³-hybridized carbons (Fsp3) is 0.192. The Morgan fingerprint density at radius 2 is 1.65 bits per heavy atom. The standard InChI is InChI=1S/C26H23F2NO2/c1-14-12-19(17(4)29-22-11-10-21(27)23(28)15(22)2)26-20(13-14)24(30)16(3)25(31-26)18-8-6-5-7-9-18/h5-13,17,29H,1-4H3. The summed E-state index contributed by atoms with van der Waals surface area (Å²) in [6, 6.07) is 15.6. The molecule has 0 spiro atoms. The minimum Gasteiger partial charge on any atom is -0.455 e. The minimum absolute atomic E-state index is 0.0822. The lowest BCUT2D eigenvalue weighted by Crippen LogP contribution is -2.13. The highest BCUT2D eigenvalue weighted by atomic mass is 19.2. The number of rotatable bonds is 4. The molecule has 3 aromatic carbocycles. The number of halogens is 2. The maximum atomic E-state index is 14.0. The van der Waals surface area contributed by atoms with Gasteiger partial charge in [0.1, 0.15) is 11.3 Å². The second kappa shape index (κ2) is 7.99. The van der Waals surface area contributed by atoms with Crippen molar-refractivity contribution in [3.63, 3.8) is 0 Å². The van der Waals surface area contributed by atoms with Crippen molar-refractivity contribution in [2.24, 2.45) is 0 Å². The lowest BCUT2D eigenvalue weighted by molar-refractivity contribution is 0.503. The maximum absolute atomic E-state index is 14.0. The number of nitrogens with one attached hydrogen (secondary N) is 1. The Balaban J connectivity index is 1.89. The summed E-state index contributed by atoms with van der Waals surface area (Å²) >= 11 is 0. The van der Waals surface area contributed by atoms with E-state index < -0.39 is 11.6 Å². The molecule has 0 radical (unpaired) electrons. The number of aryl methyl sites for hydroxylation is 1. The molecular weight excluding hydrogens is 396 g/mol. The van der Waals surface area contributed by atoms with E-state index in [4.69, 9.17) is 4.42 Å². The maximum Gasteiger partial charge on any atom is 0.196 e. The number of anilines is 1. The first-order chi connectivity index (χ1) is 14.8. The lowest BCUT2D eigenvalue weighted by Gasteiger charge is -2.20. The van der Waals surface area contributed by atoms with Crippen LogP contribution in [0, 0.1) is 32.4 Å². The predicted octanol–water partition coefficient (Wildman–Crippen LogP) is 6.84. The third-order valence-corrected chi connectivity index (χ3v) is 5.61. The van der Waals surface area contributed by atoms with Crippen LogP contribution in [-0.4, -0.2) is 0 Å². The van der Waals surface area contributed by atoms with Crippen LogP contribution in [0.3, 0.4) is 0 Å². The van der Waals surface area contributed by atoms with Crippen molar-refractivity contribution in [1.82, 2.24) is 0 Å². The van der Waals surface area contributed by atoms with Gasteiger partial charge in [0, 0.05) is 27.9 Å². The van der Waals surface area contributed by atoms with Gasteiger partial charge in [-0.3, -0.25) is 4.79 Å². The largest absolute Gasteiger partial charge is 0.455 e. The molecule has 0 saturated carbocycles. The Morgan fingerprint density at radius 1 is 0.935 bits per heavy atom. The van der Waals surface area contributed by atoms with Crippen molar-refractivity contribution in [1.29, 1.82) is 0 Å². The van der Waals surface area contributed by atoms with Crippen molar-refractivity contribution in [3.8, 4) is 11.3 Å². The quantitative estimate of drug-likeness (QED) is 0.394. The van der Waals surface area contributed by atoms with Gasteiger partial charge in [-0.05, 0) is 51.5 Å². The first kappa shape index (κ1) is 20.8. The summed E-state index contributed by atoms with van der Waals surface area (Å²) in [7, 11) is 0. The number of benzene rings is 3. The summed E-state index contributed by atoms with van der Waals surface area (Å²) < 4.78 is 33.8. The van der Waals surface area contributed by atoms with Gasteiger partial charge in [0.2, 0.25) is 0 Å². The molecule has 0 aliphatic rings. The van der Waals surface area contributed by atoms with E-state index in [-0.39, 0.29) is 17.0 Å². The molecule has 1 atom stereocenters. The Kier molecular flexibility index (Phi) is 5.36. The van der Waals surface area contributed by atoms with Gasteiger partial charge < -0.3 is 9.73 Å². The van der Waals surface area contributed by atoms with E-state index >= 15 is 0 Å². The van der Waals surface area contributed by atoms with Gasteiger partial charge in [0.05, 0.1) is 11.4 Å². The molecule has 0 fully saturated rings. The Labute approximate surface area is 179 Å². The zero-order valence-electron chi connectivity index (χ0n) is 17.8. The van der Waals surface area contributed by atoms with Gasteiger partial charge in [-0.15, -0.1) is 0 Å². The monoisotopic (exact) mass is 419 g/mol. The second-order valence-corrected chi connectivity index (χ2v) is 7.88. The molecule has 5 heteroatoms. The van der Waals surface area contributed by atoms with Gasteiger partial charge >= 0.3 is 0 Å². The minimum atomic E-state index is -0.884.